The summed E-state index contributed by atoms with van der Waals surface area (Å²) in [5, 5.41) is 0. The lowest BCUT2D eigenvalue weighted by Gasteiger charge is -2.53. The Hall–Kier alpha value is -1.45. The highest BCUT2D eigenvalue weighted by Crippen LogP contribution is 2.68. The van der Waals surface area contributed by atoms with Crippen LogP contribution in [0.3, 0.4) is 0 Å². The van der Waals surface area contributed by atoms with Crippen molar-refractivity contribution in [1.82, 2.24) is 0 Å². The summed E-state index contributed by atoms with van der Waals surface area (Å²) in [6.45, 7) is 1.97. The number of fused-ring (bicyclic) bond motifs is 1. The molecule has 4 fully saturated rings. The first-order valence-electron chi connectivity index (χ1n) is 8.43. The number of esters is 1. The number of Topliss-reactive ketones (excluding diaryl/α,β-unsaturated/α-hetero) is 2. The molecule has 0 unspecified atom stereocenters. The van der Waals surface area contributed by atoms with Crippen LogP contribution in [0.4, 0.5) is 0 Å². The van der Waals surface area contributed by atoms with Crippen molar-refractivity contribution in [2.75, 3.05) is 0 Å². The number of ether oxygens (including phenoxy) is 1. The Bertz CT molecular complexity index is 677. The van der Waals surface area contributed by atoms with Crippen LogP contribution in [0.25, 0.3) is 0 Å². The molecule has 4 aliphatic carbocycles. The van der Waals surface area contributed by atoms with Gasteiger partial charge >= 0.3 is 5.97 Å². The molecule has 0 amide bonds. The van der Waals surface area contributed by atoms with Crippen molar-refractivity contribution in [2.45, 2.75) is 57.5 Å². The van der Waals surface area contributed by atoms with E-state index in [0.29, 0.717) is 25.7 Å². The van der Waals surface area contributed by atoms with Gasteiger partial charge in [0.15, 0.2) is 0 Å². The molecule has 0 aromatic rings. The summed E-state index contributed by atoms with van der Waals surface area (Å²) >= 11 is 0. The van der Waals surface area contributed by atoms with Crippen molar-refractivity contribution in [3.8, 4) is 0 Å². The third-order valence-corrected chi connectivity index (χ3v) is 7.34. The van der Waals surface area contributed by atoms with E-state index >= 15 is 0 Å². The zero-order valence-corrected chi connectivity index (χ0v) is 12.8. The molecule has 1 spiro atoms. The van der Waals surface area contributed by atoms with Crippen LogP contribution >= 0.6 is 0 Å². The molecular formula is C18H20O4. The summed E-state index contributed by atoms with van der Waals surface area (Å²) in [6.07, 6.45) is 6.78. The zero-order valence-electron chi connectivity index (χ0n) is 12.8. The molecule has 3 saturated carbocycles. The normalized spacial score (nSPS) is 52.0. The molecule has 0 radical (unpaired) electrons. The minimum atomic E-state index is -0.640. The third-order valence-electron chi connectivity index (χ3n) is 7.34. The second-order valence-electron chi connectivity index (χ2n) is 8.21. The minimum absolute atomic E-state index is 0.00716. The molecule has 0 aromatic heterocycles. The fourth-order valence-corrected chi connectivity index (χ4v) is 6.24. The first-order chi connectivity index (χ1) is 10.4. The average molecular weight is 300 g/mol. The van der Waals surface area contributed by atoms with Crippen LogP contribution in [0.1, 0.15) is 51.9 Å². The highest BCUT2D eigenvalue weighted by molar-refractivity contribution is 6.01. The Morgan fingerprint density at radius 3 is 2.86 bits per heavy atom. The van der Waals surface area contributed by atoms with Gasteiger partial charge in [0.1, 0.15) is 17.2 Å². The smallest absolute Gasteiger partial charge is 0.313 e. The Kier molecular flexibility index (Phi) is 2.10. The summed E-state index contributed by atoms with van der Waals surface area (Å²) in [5.41, 5.74) is -0.747. The molecule has 4 nitrogen and oxygen atoms in total. The lowest BCUT2D eigenvalue weighted by atomic mass is 9.49. The highest BCUT2D eigenvalue weighted by atomic mass is 16.6. The Labute approximate surface area is 129 Å². The number of carbonyl (C=O) groups is 3. The molecule has 5 aliphatic rings. The standard InChI is InChI=1S/C18H20O4/c1-16-5-2-6-18(22-15(16)21)12-4-3-10-8-17(12,9-11(10)19)14(20)7-13(16)18/h4,10,13H,2-3,5-9H2,1H3/t10-,13-,16+,17-,18-/m1/s1. The second-order valence-corrected chi connectivity index (χ2v) is 8.21. The summed E-state index contributed by atoms with van der Waals surface area (Å²) in [5.74, 6) is 0.247. The van der Waals surface area contributed by atoms with Crippen LogP contribution in [-0.4, -0.2) is 23.1 Å². The van der Waals surface area contributed by atoms with E-state index in [0.717, 1.165) is 24.8 Å². The van der Waals surface area contributed by atoms with Crippen molar-refractivity contribution in [3.63, 3.8) is 0 Å². The molecule has 5 atom stereocenters. The van der Waals surface area contributed by atoms with Crippen molar-refractivity contribution < 1.29 is 19.1 Å². The van der Waals surface area contributed by atoms with E-state index in [4.69, 9.17) is 4.74 Å². The van der Waals surface area contributed by atoms with Gasteiger partial charge in [-0.3, -0.25) is 14.4 Å². The fraction of sp³-hybridized carbons (Fsp3) is 0.722. The van der Waals surface area contributed by atoms with Crippen LogP contribution in [0.15, 0.2) is 11.6 Å². The van der Waals surface area contributed by atoms with Crippen LogP contribution in [-0.2, 0) is 19.1 Å². The summed E-state index contributed by atoms with van der Waals surface area (Å²) in [7, 11) is 0. The van der Waals surface area contributed by atoms with Gasteiger partial charge in [0, 0.05) is 24.7 Å². The molecule has 0 N–H and O–H groups in total. The van der Waals surface area contributed by atoms with Crippen molar-refractivity contribution in [2.24, 2.45) is 22.7 Å². The predicted octanol–water partition coefficient (Wildman–Crippen LogP) is 2.36. The fourth-order valence-electron chi connectivity index (χ4n) is 6.24. The van der Waals surface area contributed by atoms with Crippen LogP contribution < -0.4 is 0 Å². The number of hydrogen-bond acceptors (Lipinski definition) is 4. The lowest BCUT2D eigenvalue weighted by Crippen LogP contribution is -2.57. The van der Waals surface area contributed by atoms with Gasteiger partial charge in [-0.05, 0) is 44.6 Å². The summed E-state index contributed by atoms with van der Waals surface area (Å²) in [6, 6.07) is 0. The maximum Gasteiger partial charge on any atom is 0.313 e. The first-order valence-corrected chi connectivity index (χ1v) is 8.43. The number of hydrogen-bond donors (Lipinski definition) is 0. The lowest BCUT2D eigenvalue weighted by molar-refractivity contribution is -0.153. The maximum absolute atomic E-state index is 13.0. The van der Waals surface area contributed by atoms with Gasteiger partial charge < -0.3 is 4.74 Å². The Balaban J connectivity index is 1.73. The van der Waals surface area contributed by atoms with E-state index in [1.807, 2.05) is 6.92 Å². The van der Waals surface area contributed by atoms with Gasteiger partial charge in [-0.25, -0.2) is 0 Å². The monoisotopic (exact) mass is 300 g/mol. The SMILES string of the molecule is C[C@@]12CCC[C@@]3(OC1=O)C1=CC[C@@H]4C[C@]1(CC4=O)C(=O)C[C@H]23. The van der Waals surface area contributed by atoms with Crippen molar-refractivity contribution >= 4 is 17.5 Å². The van der Waals surface area contributed by atoms with Gasteiger partial charge in [0.2, 0.25) is 0 Å². The Morgan fingerprint density at radius 1 is 1.23 bits per heavy atom. The molecule has 22 heavy (non-hydrogen) atoms. The highest BCUT2D eigenvalue weighted by Gasteiger charge is 2.73. The molecule has 1 aliphatic heterocycles. The molecule has 0 aromatic carbocycles. The predicted molar refractivity (Wildman–Crippen MR) is 76.8 cm³/mol. The molecular weight excluding hydrogens is 280 g/mol. The maximum atomic E-state index is 13.0. The van der Waals surface area contributed by atoms with E-state index in [1.54, 1.807) is 0 Å². The molecule has 5 rings (SSSR count). The van der Waals surface area contributed by atoms with Crippen LogP contribution in [0.5, 0.6) is 0 Å². The first kappa shape index (κ1) is 13.0. The van der Waals surface area contributed by atoms with Crippen LogP contribution in [0, 0.1) is 22.7 Å². The van der Waals surface area contributed by atoms with E-state index < -0.39 is 16.4 Å². The van der Waals surface area contributed by atoms with Gasteiger partial charge in [-0.2, -0.15) is 0 Å². The van der Waals surface area contributed by atoms with E-state index in [1.165, 1.54) is 0 Å². The molecule has 1 heterocycles. The number of carbonyl (C=O) groups excluding carboxylic acids is 3. The Morgan fingerprint density at radius 2 is 2.05 bits per heavy atom. The number of rotatable bonds is 0. The van der Waals surface area contributed by atoms with E-state index in [2.05, 4.69) is 6.08 Å². The number of allylic oxidation sites excluding steroid dienone is 1. The van der Waals surface area contributed by atoms with E-state index in [-0.39, 0.29) is 29.4 Å². The molecule has 1 saturated heterocycles. The van der Waals surface area contributed by atoms with Gasteiger partial charge in [-0.1, -0.05) is 6.08 Å². The second kappa shape index (κ2) is 3.55. The number of ketones is 2. The average Bonchev–Trinajstić information content (AvgIpc) is 2.78. The summed E-state index contributed by atoms with van der Waals surface area (Å²) < 4.78 is 6.01. The summed E-state index contributed by atoms with van der Waals surface area (Å²) in [4.78, 5) is 37.8. The van der Waals surface area contributed by atoms with Crippen molar-refractivity contribution in [3.05, 3.63) is 11.6 Å². The van der Waals surface area contributed by atoms with Gasteiger partial charge in [0.25, 0.3) is 0 Å². The van der Waals surface area contributed by atoms with Crippen molar-refractivity contribution in [1.29, 1.82) is 0 Å². The van der Waals surface area contributed by atoms with E-state index in [9.17, 15) is 14.4 Å². The minimum Gasteiger partial charge on any atom is -0.454 e. The van der Waals surface area contributed by atoms with Gasteiger partial charge in [0.05, 0.1) is 10.8 Å². The third kappa shape index (κ3) is 1.15. The molecule has 116 valence electrons. The van der Waals surface area contributed by atoms with Gasteiger partial charge in [-0.15, -0.1) is 0 Å². The topological polar surface area (TPSA) is 60.4 Å². The molecule has 4 heteroatoms. The molecule has 4 bridgehead atoms. The largest absolute Gasteiger partial charge is 0.454 e. The zero-order chi connectivity index (χ0) is 15.3. The van der Waals surface area contributed by atoms with Crippen LogP contribution in [0.2, 0.25) is 0 Å². The quantitative estimate of drug-likeness (QED) is 0.509.